The zero-order valence-electron chi connectivity index (χ0n) is 17.8. The molecule has 1 saturated carbocycles. The maximum atomic E-state index is 13.2. The molecule has 0 spiro atoms. The number of carbonyl (C=O) groups excluding carboxylic acids is 1. The van der Waals surface area contributed by atoms with Gasteiger partial charge >= 0.3 is 0 Å². The molecule has 0 aromatic heterocycles. The van der Waals surface area contributed by atoms with Crippen LogP contribution in [0.1, 0.15) is 58.1 Å². The van der Waals surface area contributed by atoms with Gasteiger partial charge in [-0.2, -0.15) is 0 Å². The summed E-state index contributed by atoms with van der Waals surface area (Å²) in [7, 11) is 0. The number of hydrogen-bond acceptors (Lipinski definition) is 3. The summed E-state index contributed by atoms with van der Waals surface area (Å²) in [5.74, 6) is 1.75. The number of ketones is 1. The summed E-state index contributed by atoms with van der Waals surface area (Å²) in [5.41, 5.74) is 3.58. The van der Waals surface area contributed by atoms with E-state index in [1.807, 2.05) is 88.4 Å². The van der Waals surface area contributed by atoms with Crippen LogP contribution in [0, 0.1) is 0 Å². The first-order chi connectivity index (χ1) is 13.9. The van der Waals surface area contributed by atoms with Crippen molar-refractivity contribution in [3.63, 3.8) is 0 Å². The molecule has 1 fully saturated rings. The Balaban J connectivity index is 1.90. The number of para-hydroxylation sites is 2. The van der Waals surface area contributed by atoms with Gasteiger partial charge in [-0.05, 0) is 71.2 Å². The fraction of sp³-hybridized carbons (Fsp3) is 0.346. The van der Waals surface area contributed by atoms with Gasteiger partial charge in [-0.1, -0.05) is 36.4 Å². The maximum Gasteiger partial charge on any atom is 0.185 e. The van der Waals surface area contributed by atoms with Gasteiger partial charge in [0.15, 0.2) is 5.78 Å². The fourth-order valence-corrected chi connectivity index (χ4v) is 3.48. The van der Waals surface area contributed by atoms with E-state index in [9.17, 15) is 4.79 Å². The lowest BCUT2D eigenvalue weighted by atomic mass is 9.86. The van der Waals surface area contributed by atoms with Crippen LogP contribution in [0.5, 0.6) is 11.5 Å². The van der Waals surface area contributed by atoms with Crippen molar-refractivity contribution in [3.8, 4) is 11.5 Å². The van der Waals surface area contributed by atoms with E-state index in [0.717, 1.165) is 53.0 Å². The quantitative estimate of drug-likeness (QED) is 0.530. The SMILES string of the molecule is CC(C)Oc1ccccc1/C=C1\CCC/C(=C\c2ccccc2OC(C)C)C1=O. The first-order valence-corrected chi connectivity index (χ1v) is 10.4. The van der Waals surface area contributed by atoms with E-state index in [1.54, 1.807) is 0 Å². The topological polar surface area (TPSA) is 35.5 Å². The number of ether oxygens (including phenoxy) is 2. The highest BCUT2D eigenvalue weighted by molar-refractivity contribution is 6.14. The summed E-state index contributed by atoms with van der Waals surface area (Å²) >= 11 is 0. The van der Waals surface area contributed by atoms with Crippen LogP contribution in [0.3, 0.4) is 0 Å². The Kier molecular flexibility index (Phi) is 6.92. The van der Waals surface area contributed by atoms with E-state index in [2.05, 4.69) is 0 Å². The third-order valence-corrected chi connectivity index (χ3v) is 4.70. The lowest BCUT2D eigenvalue weighted by Crippen LogP contribution is -2.13. The minimum atomic E-state index is 0.0875. The van der Waals surface area contributed by atoms with Crippen molar-refractivity contribution in [3.05, 3.63) is 70.8 Å². The predicted molar refractivity (Wildman–Crippen MR) is 119 cm³/mol. The van der Waals surface area contributed by atoms with E-state index in [4.69, 9.17) is 9.47 Å². The largest absolute Gasteiger partial charge is 0.490 e. The van der Waals surface area contributed by atoms with Crippen molar-refractivity contribution in [1.29, 1.82) is 0 Å². The Hall–Kier alpha value is -2.81. The van der Waals surface area contributed by atoms with E-state index in [1.165, 1.54) is 0 Å². The van der Waals surface area contributed by atoms with Crippen molar-refractivity contribution in [2.24, 2.45) is 0 Å². The summed E-state index contributed by atoms with van der Waals surface area (Å²) < 4.78 is 11.8. The first-order valence-electron chi connectivity index (χ1n) is 10.4. The number of benzene rings is 2. The minimum absolute atomic E-state index is 0.0875. The molecule has 0 unspecified atom stereocenters. The fourth-order valence-electron chi connectivity index (χ4n) is 3.48. The van der Waals surface area contributed by atoms with Crippen molar-refractivity contribution in [2.45, 2.75) is 59.2 Å². The summed E-state index contributed by atoms with van der Waals surface area (Å²) in [5, 5.41) is 0. The van der Waals surface area contributed by atoms with Gasteiger partial charge in [0, 0.05) is 22.3 Å². The van der Waals surface area contributed by atoms with Crippen LogP contribution in [0.25, 0.3) is 12.2 Å². The Morgan fingerprint density at radius 2 is 1.14 bits per heavy atom. The van der Waals surface area contributed by atoms with Crippen LogP contribution in [-0.4, -0.2) is 18.0 Å². The molecule has 3 rings (SSSR count). The molecule has 29 heavy (non-hydrogen) atoms. The second kappa shape index (κ2) is 9.60. The van der Waals surface area contributed by atoms with E-state index >= 15 is 0 Å². The highest BCUT2D eigenvalue weighted by Crippen LogP contribution is 2.32. The van der Waals surface area contributed by atoms with Gasteiger partial charge in [-0.3, -0.25) is 4.79 Å². The van der Waals surface area contributed by atoms with Crippen LogP contribution in [0.4, 0.5) is 0 Å². The Morgan fingerprint density at radius 1 is 0.724 bits per heavy atom. The number of Topliss-reactive ketones (excluding diaryl/α,β-unsaturated/α-hetero) is 1. The molecule has 0 saturated heterocycles. The average molecular weight is 391 g/mol. The highest BCUT2D eigenvalue weighted by Gasteiger charge is 2.21. The average Bonchev–Trinajstić information content (AvgIpc) is 2.67. The van der Waals surface area contributed by atoms with Gasteiger partial charge in [0.2, 0.25) is 0 Å². The van der Waals surface area contributed by atoms with E-state index < -0.39 is 0 Å². The van der Waals surface area contributed by atoms with Crippen LogP contribution in [-0.2, 0) is 4.79 Å². The maximum absolute atomic E-state index is 13.2. The lowest BCUT2D eigenvalue weighted by molar-refractivity contribution is -0.112. The van der Waals surface area contributed by atoms with Crippen LogP contribution >= 0.6 is 0 Å². The molecule has 0 atom stereocenters. The van der Waals surface area contributed by atoms with Gasteiger partial charge in [0.1, 0.15) is 11.5 Å². The van der Waals surface area contributed by atoms with Crippen molar-refractivity contribution in [1.82, 2.24) is 0 Å². The molecule has 0 aliphatic heterocycles. The molecule has 0 N–H and O–H groups in total. The van der Waals surface area contributed by atoms with Crippen LogP contribution < -0.4 is 9.47 Å². The monoisotopic (exact) mass is 390 g/mol. The van der Waals surface area contributed by atoms with E-state index in [0.29, 0.717) is 0 Å². The summed E-state index contributed by atoms with van der Waals surface area (Å²) in [6.07, 6.45) is 6.69. The second-order valence-corrected chi connectivity index (χ2v) is 7.93. The van der Waals surface area contributed by atoms with Crippen molar-refractivity contribution in [2.75, 3.05) is 0 Å². The van der Waals surface area contributed by atoms with Gasteiger partial charge in [0.25, 0.3) is 0 Å². The number of allylic oxidation sites excluding steroid dienone is 2. The summed E-state index contributed by atoms with van der Waals surface area (Å²) in [4.78, 5) is 13.2. The molecule has 1 aliphatic carbocycles. The van der Waals surface area contributed by atoms with Gasteiger partial charge in [-0.15, -0.1) is 0 Å². The van der Waals surface area contributed by atoms with Crippen LogP contribution in [0.2, 0.25) is 0 Å². The minimum Gasteiger partial charge on any atom is -0.490 e. The molecule has 0 heterocycles. The second-order valence-electron chi connectivity index (χ2n) is 7.93. The Labute approximate surface area is 174 Å². The Bertz CT molecular complexity index is 846. The molecular weight excluding hydrogens is 360 g/mol. The predicted octanol–water partition coefficient (Wildman–Crippen LogP) is 6.48. The zero-order chi connectivity index (χ0) is 20.8. The van der Waals surface area contributed by atoms with Gasteiger partial charge in [0.05, 0.1) is 12.2 Å². The third-order valence-electron chi connectivity index (χ3n) is 4.70. The smallest absolute Gasteiger partial charge is 0.185 e. The molecule has 3 heteroatoms. The molecule has 2 aromatic rings. The molecule has 0 bridgehead atoms. The van der Waals surface area contributed by atoms with Gasteiger partial charge < -0.3 is 9.47 Å². The molecule has 2 aromatic carbocycles. The lowest BCUT2D eigenvalue weighted by Gasteiger charge is -2.19. The summed E-state index contributed by atoms with van der Waals surface area (Å²) in [6.45, 7) is 8.03. The molecular formula is C26H30O3. The number of rotatable bonds is 6. The standard InChI is InChI=1S/C26H30O3/c1-18(2)28-24-14-7-5-10-20(24)16-22-12-9-13-23(26(22)27)17-21-11-6-8-15-25(21)29-19(3)4/h5-8,10-11,14-19H,9,12-13H2,1-4H3/b22-16+,23-17+. The number of hydrogen-bond donors (Lipinski definition) is 0. The highest BCUT2D eigenvalue weighted by atomic mass is 16.5. The van der Waals surface area contributed by atoms with Crippen molar-refractivity contribution >= 4 is 17.9 Å². The third kappa shape index (κ3) is 5.60. The van der Waals surface area contributed by atoms with E-state index in [-0.39, 0.29) is 18.0 Å². The molecule has 1 aliphatic rings. The summed E-state index contributed by atoms with van der Waals surface area (Å²) in [6, 6.07) is 15.8. The normalized spacial score (nSPS) is 17.4. The van der Waals surface area contributed by atoms with Crippen molar-refractivity contribution < 1.29 is 14.3 Å². The number of carbonyl (C=O) groups is 1. The first kappa shape index (κ1) is 20.9. The molecule has 152 valence electrons. The van der Waals surface area contributed by atoms with Crippen LogP contribution in [0.15, 0.2) is 59.7 Å². The Morgan fingerprint density at radius 3 is 1.55 bits per heavy atom. The van der Waals surface area contributed by atoms with Gasteiger partial charge in [-0.25, -0.2) is 0 Å². The molecule has 0 amide bonds. The zero-order valence-corrected chi connectivity index (χ0v) is 17.8. The molecule has 3 nitrogen and oxygen atoms in total. The molecule has 0 radical (unpaired) electrons.